The van der Waals surface area contributed by atoms with E-state index < -0.39 is 0 Å². The number of hydrogen-bond donors (Lipinski definition) is 0. The maximum Gasteiger partial charge on any atom is 0.310 e. The summed E-state index contributed by atoms with van der Waals surface area (Å²) in [7, 11) is 1.44. The first-order valence-electron chi connectivity index (χ1n) is 6.41. The van der Waals surface area contributed by atoms with Crippen molar-refractivity contribution in [1.82, 2.24) is 14.8 Å². The van der Waals surface area contributed by atoms with Crippen LogP contribution in [-0.4, -0.2) is 34.5 Å². The van der Waals surface area contributed by atoms with Crippen LogP contribution in [0.25, 0.3) is 0 Å². The van der Waals surface area contributed by atoms with Crippen LogP contribution in [0.4, 0.5) is 0 Å². The molecule has 0 aliphatic carbocycles. The third-order valence-electron chi connectivity index (χ3n) is 3.73. The lowest BCUT2D eigenvalue weighted by molar-refractivity contribution is -0.146. The normalized spacial score (nSPS) is 26.9. The van der Waals surface area contributed by atoms with E-state index in [1.807, 2.05) is 4.57 Å². The number of nitrogens with zero attached hydrogens (tertiary/aromatic N) is 3. The SMILES string of the molecule is COC(=O)C1CCc2nnc([C@H]3CCCO3)n2C1. The molecule has 6 heteroatoms. The van der Waals surface area contributed by atoms with Gasteiger partial charge in [0.2, 0.25) is 0 Å². The minimum Gasteiger partial charge on any atom is -0.469 e. The summed E-state index contributed by atoms with van der Waals surface area (Å²) in [5, 5.41) is 8.44. The maximum atomic E-state index is 11.6. The molecule has 1 aromatic rings. The Labute approximate surface area is 105 Å². The van der Waals surface area contributed by atoms with Crippen LogP contribution in [0, 0.1) is 5.92 Å². The van der Waals surface area contributed by atoms with Crippen LogP contribution in [0.15, 0.2) is 0 Å². The van der Waals surface area contributed by atoms with Gasteiger partial charge in [-0.25, -0.2) is 0 Å². The monoisotopic (exact) mass is 251 g/mol. The van der Waals surface area contributed by atoms with Crippen molar-refractivity contribution in [2.24, 2.45) is 5.92 Å². The first kappa shape index (κ1) is 11.6. The Morgan fingerprint density at radius 1 is 1.44 bits per heavy atom. The quantitative estimate of drug-likeness (QED) is 0.729. The van der Waals surface area contributed by atoms with Crippen molar-refractivity contribution in [3.8, 4) is 0 Å². The van der Waals surface area contributed by atoms with Crippen molar-refractivity contribution in [3.63, 3.8) is 0 Å². The van der Waals surface area contributed by atoms with E-state index in [1.165, 1.54) is 7.11 Å². The Bertz CT molecular complexity index is 451. The lowest BCUT2D eigenvalue weighted by Gasteiger charge is -2.23. The molecule has 0 amide bonds. The van der Waals surface area contributed by atoms with Gasteiger partial charge >= 0.3 is 5.97 Å². The summed E-state index contributed by atoms with van der Waals surface area (Å²) < 4.78 is 12.5. The van der Waals surface area contributed by atoms with Gasteiger partial charge in [0, 0.05) is 19.6 Å². The molecule has 2 atom stereocenters. The van der Waals surface area contributed by atoms with Crippen LogP contribution in [-0.2, 0) is 27.2 Å². The number of aromatic nitrogens is 3. The summed E-state index contributed by atoms with van der Waals surface area (Å²) >= 11 is 0. The number of aryl methyl sites for hydroxylation is 1. The molecule has 3 heterocycles. The molecule has 6 nitrogen and oxygen atoms in total. The number of methoxy groups -OCH3 is 1. The predicted octanol–water partition coefficient (Wildman–Crippen LogP) is 0.865. The minimum atomic E-state index is -0.146. The number of rotatable bonds is 2. The van der Waals surface area contributed by atoms with Gasteiger partial charge in [0.1, 0.15) is 11.9 Å². The highest BCUT2D eigenvalue weighted by Gasteiger charge is 2.31. The third-order valence-corrected chi connectivity index (χ3v) is 3.73. The van der Waals surface area contributed by atoms with Crippen LogP contribution in [0.1, 0.15) is 37.0 Å². The van der Waals surface area contributed by atoms with Gasteiger partial charge in [-0.1, -0.05) is 0 Å². The van der Waals surface area contributed by atoms with Gasteiger partial charge < -0.3 is 14.0 Å². The molecule has 0 bridgehead atoms. The van der Waals surface area contributed by atoms with Gasteiger partial charge in [-0.15, -0.1) is 10.2 Å². The standard InChI is InChI=1S/C12H17N3O3/c1-17-12(16)8-4-5-10-13-14-11(15(10)7-8)9-3-2-6-18-9/h8-9H,2-7H2,1H3/t8?,9-/m1/s1. The third kappa shape index (κ3) is 1.90. The summed E-state index contributed by atoms with van der Waals surface area (Å²) in [4.78, 5) is 11.6. The number of fused-ring (bicyclic) bond motifs is 1. The predicted molar refractivity (Wildman–Crippen MR) is 61.8 cm³/mol. The Morgan fingerprint density at radius 2 is 2.33 bits per heavy atom. The van der Waals surface area contributed by atoms with Gasteiger partial charge in [0.15, 0.2) is 5.82 Å². The summed E-state index contributed by atoms with van der Waals surface area (Å²) in [6.45, 7) is 1.40. The molecule has 1 saturated heterocycles. The molecule has 2 aliphatic heterocycles. The van der Waals surface area contributed by atoms with Gasteiger partial charge in [-0.3, -0.25) is 4.79 Å². The average molecular weight is 251 g/mol. The minimum absolute atomic E-state index is 0.0441. The van der Waals surface area contributed by atoms with E-state index in [1.54, 1.807) is 0 Å². The molecule has 0 N–H and O–H groups in total. The second-order valence-corrected chi connectivity index (χ2v) is 4.85. The van der Waals surface area contributed by atoms with Crippen LogP contribution >= 0.6 is 0 Å². The van der Waals surface area contributed by atoms with E-state index >= 15 is 0 Å². The number of carbonyl (C=O) groups excluding carboxylic acids is 1. The molecule has 3 rings (SSSR count). The van der Waals surface area contributed by atoms with Crippen LogP contribution < -0.4 is 0 Å². The van der Waals surface area contributed by atoms with Crippen molar-refractivity contribution in [1.29, 1.82) is 0 Å². The fourth-order valence-electron chi connectivity index (χ4n) is 2.73. The first-order valence-corrected chi connectivity index (χ1v) is 6.41. The average Bonchev–Trinajstić information content (AvgIpc) is 3.05. The lowest BCUT2D eigenvalue weighted by Crippen LogP contribution is -2.29. The van der Waals surface area contributed by atoms with Gasteiger partial charge in [-0.05, 0) is 19.3 Å². The second kappa shape index (κ2) is 4.68. The van der Waals surface area contributed by atoms with Gasteiger partial charge in [-0.2, -0.15) is 0 Å². The van der Waals surface area contributed by atoms with E-state index in [4.69, 9.17) is 9.47 Å². The molecule has 1 unspecified atom stereocenters. The van der Waals surface area contributed by atoms with Gasteiger partial charge in [0.05, 0.1) is 13.0 Å². The summed E-state index contributed by atoms with van der Waals surface area (Å²) in [5.74, 6) is 1.60. The highest BCUT2D eigenvalue weighted by atomic mass is 16.5. The van der Waals surface area contributed by atoms with Crippen LogP contribution in [0.3, 0.4) is 0 Å². The topological polar surface area (TPSA) is 66.2 Å². The Hall–Kier alpha value is -1.43. The van der Waals surface area contributed by atoms with E-state index in [0.717, 1.165) is 43.9 Å². The van der Waals surface area contributed by atoms with E-state index in [-0.39, 0.29) is 18.0 Å². The zero-order valence-electron chi connectivity index (χ0n) is 10.5. The van der Waals surface area contributed by atoms with Crippen LogP contribution in [0.5, 0.6) is 0 Å². The molecule has 18 heavy (non-hydrogen) atoms. The molecule has 0 radical (unpaired) electrons. The summed E-state index contributed by atoms with van der Waals surface area (Å²) in [6, 6.07) is 0. The zero-order valence-corrected chi connectivity index (χ0v) is 10.5. The molecule has 0 spiro atoms. The molecular weight excluding hydrogens is 234 g/mol. The number of esters is 1. The van der Waals surface area contributed by atoms with Crippen LogP contribution in [0.2, 0.25) is 0 Å². The molecule has 1 aromatic heterocycles. The van der Waals surface area contributed by atoms with E-state index in [2.05, 4.69) is 10.2 Å². The van der Waals surface area contributed by atoms with Crippen molar-refractivity contribution in [2.75, 3.05) is 13.7 Å². The second-order valence-electron chi connectivity index (χ2n) is 4.85. The Balaban J connectivity index is 1.84. The summed E-state index contributed by atoms with van der Waals surface area (Å²) in [6.07, 6.45) is 3.66. The maximum absolute atomic E-state index is 11.6. The Kier molecular flexibility index (Phi) is 3.03. The first-order chi connectivity index (χ1) is 8.79. The van der Waals surface area contributed by atoms with E-state index in [0.29, 0.717) is 6.54 Å². The van der Waals surface area contributed by atoms with Crippen molar-refractivity contribution in [2.45, 2.75) is 38.3 Å². The number of carbonyl (C=O) groups is 1. The highest BCUT2D eigenvalue weighted by Crippen LogP contribution is 2.30. The fraction of sp³-hybridized carbons (Fsp3) is 0.750. The molecule has 1 fully saturated rings. The van der Waals surface area contributed by atoms with Crippen molar-refractivity contribution in [3.05, 3.63) is 11.6 Å². The molecule has 0 aromatic carbocycles. The zero-order chi connectivity index (χ0) is 12.5. The molecular formula is C12H17N3O3. The van der Waals surface area contributed by atoms with Crippen molar-refractivity contribution >= 4 is 5.97 Å². The smallest absolute Gasteiger partial charge is 0.310 e. The molecule has 0 saturated carbocycles. The largest absolute Gasteiger partial charge is 0.469 e. The number of ether oxygens (including phenoxy) is 2. The summed E-state index contributed by atoms with van der Waals surface area (Å²) in [5.41, 5.74) is 0. The molecule has 98 valence electrons. The fourth-order valence-corrected chi connectivity index (χ4v) is 2.73. The Morgan fingerprint density at radius 3 is 3.06 bits per heavy atom. The highest BCUT2D eigenvalue weighted by molar-refractivity contribution is 5.72. The van der Waals surface area contributed by atoms with E-state index in [9.17, 15) is 4.79 Å². The van der Waals surface area contributed by atoms with Crippen molar-refractivity contribution < 1.29 is 14.3 Å². The number of hydrogen-bond acceptors (Lipinski definition) is 5. The lowest BCUT2D eigenvalue weighted by atomic mass is 9.99. The van der Waals surface area contributed by atoms with Gasteiger partial charge in [0.25, 0.3) is 0 Å². The molecule has 2 aliphatic rings.